The molecule has 1 N–H and O–H groups in total. The van der Waals surface area contributed by atoms with Gasteiger partial charge in [0.25, 0.3) is 0 Å². The summed E-state index contributed by atoms with van der Waals surface area (Å²) in [7, 11) is -0.782. The maximum absolute atomic E-state index is 12.0. The first-order valence-corrected chi connectivity index (χ1v) is 6.72. The van der Waals surface area contributed by atoms with Crippen molar-refractivity contribution >= 4 is 23.2 Å². The summed E-state index contributed by atoms with van der Waals surface area (Å²) in [5.41, 5.74) is 0.932. The van der Waals surface area contributed by atoms with E-state index >= 15 is 0 Å². The van der Waals surface area contributed by atoms with Crippen LogP contribution in [-0.2, 0) is 16.6 Å². The largest absolute Gasteiger partial charge is 0.316 e. The van der Waals surface area contributed by atoms with Gasteiger partial charge in [-0.1, -0.05) is 6.07 Å². The van der Waals surface area contributed by atoms with Gasteiger partial charge in [-0.05, 0) is 31.5 Å². The Morgan fingerprint density at radius 2 is 2.38 bits per heavy atom. The monoisotopic (exact) mass is 260 g/mol. The zero-order chi connectivity index (χ0) is 10.5. The fraction of sp³-hybridized carbons (Fsp3) is 0.545. The molecule has 5 heteroatoms. The normalized spacial score (nSPS) is 22.1. The summed E-state index contributed by atoms with van der Waals surface area (Å²) in [5.74, 6) is 0.590. The highest BCUT2D eigenvalue weighted by molar-refractivity contribution is 7.84. The summed E-state index contributed by atoms with van der Waals surface area (Å²) in [6, 6.07) is 5.77. The quantitative estimate of drug-likeness (QED) is 0.896. The molecule has 1 aliphatic rings. The van der Waals surface area contributed by atoms with Crippen LogP contribution < -0.4 is 5.32 Å². The zero-order valence-corrected chi connectivity index (χ0v) is 10.7. The number of halogens is 1. The summed E-state index contributed by atoms with van der Waals surface area (Å²) >= 11 is 0. The van der Waals surface area contributed by atoms with Gasteiger partial charge in [-0.2, -0.15) is 0 Å². The Balaban J connectivity index is 0.00000128. The predicted molar refractivity (Wildman–Crippen MR) is 69.2 cm³/mol. The zero-order valence-electron chi connectivity index (χ0n) is 9.09. The van der Waals surface area contributed by atoms with Crippen LogP contribution in [-0.4, -0.2) is 27.5 Å². The molecule has 2 rings (SSSR count). The third-order valence-electron chi connectivity index (χ3n) is 2.64. The van der Waals surface area contributed by atoms with E-state index in [1.165, 1.54) is 0 Å². The molecule has 1 aliphatic heterocycles. The van der Waals surface area contributed by atoms with Crippen molar-refractivity contribution in [3.63, 3.8) is 0 Å². The molecule has 16 heavy (non-hydrogen) atoms. The topological polar surface area (TPSA) is 42.0 Å². The molecule has 90 valence electrons. The highest BCUT2D eigenvalue weighted by Crippen LogP contribution is 2.12. The number of rotatable bonds is 3. The smallest absolute Gasteiger partial charge is 0.0662 e. The second-order valence-corrected chi connectivity index (χ2v) is 5.53. The van der Waals surface area contributed by atoms with Gasteiger partial charge >= 0.3 is 0 Å². The minimum atomic E-state index is -0.782. The lowest BCUT2D eigenvalue weighted by atomic mass is 10.2. The molecule has 0 amide bonds. The summed E-state index contributed by atoms with van der Waals surface area (Å²) < 4.78 is 12.0. The van der Waals surface area contributed by atoms with Crippen molar-refractivity contribution in [1.29, 1.82) is 0 Å². The van der Waals surface area contributed by atoms with Crippen molar-refractivity contribution in [3.8, 4) is 0 Å². The third kappa shape index (κ3) is 3.85. The van der Waals surface area contributed by atoms with Crippen molar-refractivity contribution in [2.75, 3.05) is 13.1 Å². The molecule has 1 fully saturated rings. The summed E-state index contributed by atoms with van der Waals surface area (Å²) in [5, 5.41) is 3.59. The van der Waals surface area contributed by atoms with Crippen LogP contribution >= 0.6 is 12.4 Å². The van der Waals surface area contributed by atoms with Gasteiger partial charge in [-0.25, -0.2) is 0 Å². The van der Waals surface area contributed by atoms with Crippen molar-refractivity contribution in [3.05, 3.63) is 30.1 Å². The molecule has 0 aliphatic carbocycles. The number of aromatic nitrogens is 1. The van der Waals surface area contributed by atoms with Gasteiger partial charge in [0.05, 0.1) is 11.4 Å². The van der Waals surface area contributed by atoms with E-state index in [-0.39, 0.29) is 12.4 Å². The summed E-state index contributed by atoms with van der Waals surface area (Å²) in [4.78, 5) is 4.20. The maximum atomic E-state index is 12.0. The molecule has 1 aromatic heterocycles. The van der Waals surface area contributed by atoms with Crippen LogP contribution in [0.3, 0.4) is 0 Å². The Bertz CT molecular complexity index is 328. The van der Waals surface area contributed by atoms with Crippen molar-refractivity contribution in [2.24, 2.45) is 0 Å². The van der Waals surface area contributed by atoms with Gasteiger partial charge in [-0.15, -0.1) is 12.4 Å². The lowest BCUT2D eigenvalue weighted by molar-refractivity contribution is 0.519. The molecule has 1 saturated heterocycles. The van der Waals surface area contributed by atoms with Crippen LogP contribution in [0, 0.1) is 0 Å². The highest BCUT2D eigenvalue weighted by Gasteiger charge is 2.19. The van der Waals surface area contributed by atoms with E-state index in [1.54, 1.807) is 6.20 Å². The number of pyridine rings is 1. The van der Waals surface area contributed by atoms with Gasteiger partial charge in [0, 0.05) is 28.8 Å². The van der Waals surface area contributed by atoms with E-state index in [4.69, 9.17) is 0 Å². The second-order valence-electron chi connectivity index (χ2n) is 3.81. The second kappa shape index (κ2) is 6.99. The molecular formula is C11H17ClN2OS. The molecule has 0 spiro atoms. The molecule has 2 unspecified atom stereocenters. The standard InChI is InChI=1S/C11H16N2OS.ClH/c14-15(11-5-3-6-12-8-11)9-10-4-1-2-7-13-10;/h1-2,4,7,11-12H,3,5-6,8-9H2;1H. The average molecular weight is 261 g/mol. The van der Waals surface area contributed by atoms with Gasteiger partial charge in [0.2, 0.25) is 0 Å². The van der Waals surface area contributed by atoms with E-state index in [0.717, 1.165) is 31.6 Å². The Morgan fingerprint density at radius 3 is 3.00 bits per heavy atom. The van der Waals surface area contributed by atoms with Crippen LogP contribution in [0.1, 0.15) is 18.5 Å². The van der Waals surface area contributed by atoms with Gasteiger partial charge < -0.3 is 5.32 Å². The molecule has 2 heterocycles. The summed E-state index contributed by atoms with van der Waals surface area (Å²) in [6.07, 6.45) is 3.97. The predicted octanol–water partition coefficient (Wildman–Crippen LogP) is 1.50. The molecular weight excluding hydrogens is 244 g/mol. The number of nitrogens with zero attached hydrogens (tertiary/aromatic N) is 1. The molecule has 0 radical (unpaired) electrons. The SMILES string of the molecule is Cl.O=S(Cc1ccccn1)C1CCCNC1. The van der Waals surface area contributed by atoms with Gasteiger partial charge in [-0.3, -0.25) is 9.19 Å². The van der Waals surface area contributed by atoms with Crippen molar-refractivity contribution in [2.45, 2.75) is 23.8 Å². The fourth-order valence-corrected chi connectivity index (χ4v) is 3.22. The van der Waals surface area contributed by atoms with E-state index in [2.05, 4.69) is 10.3 Å². The average Bonchev–Trinajstić information content (AvgIpc) is 2.31. The van der Waals surface area contributed by atoms with Crippen LogP contribution in [0.5, 0.6) is 0 Å². The minimum Gasteiger partial charge on any atom is -0.316 e. The van der Waals surface area contributed by atoms with E-state index < -0.39 is 10.8 Å². The third-order valence-corrected chi connectivity index (χ3v) is 4.37. The first-order valence-electron chi connectivity index (χ1n) is 5.34. The maximum Gasteiger partial charge on any atom is 0.0662 e. The first kappa shape index (κ1) is 13.6. The molecule has 1 aromatic rings. The summed E-state index contributed by atoms with van der Waals surface area (Å²) in [6.45, 7) is 1.96. The number of piperidine rings is 1. The van der Waals surface area contributed by atoms with Crippen LogP contribution in [0.15, 0.2) is 24.4 Å². The lowest BCUT2D eigenvalue weighted by Gasteiger charge is -2.21. The molecule has 2 atom stereocenters. The number of hydrogen-bond acceptors (Lipinski definition) is 3. The van der Waals surface area contributed by atoms with Crippen LogP contribution in [0.4, 0.5) is 0 Å². The Hall–Kier alpha value is -0.450. The van der Waals surface area contributed by atoms with Crippen molar-refractivity contribution < 1.29 is 4.21 Å². The molecule has 3 nitrogen and oxygen atoms in total. The minimum absolute atomic E-state index is 0. The lowest BCUT2D eigenvalue weighted by Crippen LogP contribution is -2.36. The Kier molecular flexibility index (Phi) is 5.95. The fourth-order valence-electron chi connectivity index (χ4n) is 1.79. The van der Waals surface area contributed by atoms with Crippen molar-refractivity contribution in [1.82, 2.24) is 10.3 Å². The van der Waals surface area contributed by atoms with E-state index in [9.17, 15) is 4.21 Å². The molecule has 0 aromatic carbocycles. The Morgan fingerprint density at radius 1 is 1.50 bits per heavy atom. The highest BCUT2D eigenvalue weighted by atomic mass is 35.5. The Labute approximate surface area is 105 Å². The van der Waals surface area contributed by atoms with Crippen LogP contribution in [0.25, 0.3) is 0 Å². The van der Waals surface area contributed by atoms with E-state index in [1.807, 2.05) is 18.2 Å². The van der Waals surface area contributed by atoms with E-state index in [0.29, 0.717) is 11.0 Å². The number of nitrogens with one attached hydrogen (secondary N) is 1. The van der Waals surface area contributed by atoms with Crippen LogP contribution in [0.2, 0.25) is 0 Å². The molecule has 0 saturated carbocycles. The number of hydrogen-bond donors (Lipinski definition) is 1. The first-order chi connectivity index (χ1) is 7.36. The molecule has 0 bridgehead atoms. The van der Waals surface area contributed by atoms with Gasteiger partial charge in [0.1, 0.15) is 0 Å². The van der Waals surface area contributed by atoms with Gasteiger partial charge in [0.15, 0.2) is 0 Å².